The molecule has 3 rings (SSSR count). The number of carbonyl (C=O) groups is 1. The van der Waals surface area contributed by atoms with Crippen molar-refractivity contribution in [1.82, 2.24) is 15.1 Å². The van der Waals surface area contributed by atoms with Gasteiger partial charge in [-0.25, -0.2) is 4.39 Å². The molecule has 0 saturated carbocycles. The molecule has 1 aromatic heterocycles. The van der Waals surface area contributed by atoms with Crippen LogP contribution in [0.25, 0.3) is 0 Å². The predicted molar refractivity (Wildman–Crippen MR) is 112 cm³/mol. The van der Waals surface area contributed by atoms with Crippen molar-refractivity contribution in [3.05, 3.63) is 71.5 Å². The summed E-state index contributed by atoms with van der Waals surface area (Å²) < 4.78 is 13.7. The Bertz CT molecular complexity index is 902. The maximum absolute atomic E-state index is 12.9. The zero-order chi connectivity index (χ0) is 19.9. The van der Waals surface area contributed by atoms with Crippen LogP contribution in [0.4, 0.5) is 9.52 Å². The number of hydrogen-bond acceptors (Lipinski definition) is 6. The van der Waals surface area contributed by atoms with E-state index in [1.807, 2.05) is 44.3 Å². The van der Waals surface area contributed by atoms with Crippen LogP contribution in [0.2, 0.25) is 0 Å². The Labute approximate surface area is 172 Å². The number of nitrogens with zero attached hydrogens (tertiary/aromatic N) is 3. The summed E-state index contributed by atoms with van der Waals surface area (Å²) in [7, 11) is 1.82. The number of hydrogen-bond donors (Lipinski definition) is 1. The summed E-state index contributed by atoms with van der Waals surface area (Å²) in [6.07, 6.45) is 0. The molecule has 0 bridgehead atoms. The van der Waals surface area contributed by atoms with Gasteiger partial charge in [0, 0.05) is 13.6 Å². The number of rotatable bonds is 8. The van der Waals surface area contributed by atoms with E-state index >= 15 is 0 Å². The van der Waals surface area contributed by atoms with Crippen LogP contribution in [-0.2, 0) is 11.3 Å². The number of anilines is 1. The number of amides is 1. The highest BCUT2D eigenvalue weighted by molar-refractivity contribution is 8.01. The Balaban J connectivity index is 1.48. The van der Waals surface area contributed by atoms with Gasteiger partial charge >= 0.3 is 0 Å². The number of aromatic nitrogens is 2. The lowest BCUT2D eigenvalue weighted by Gasteiger charge is -2.25. The van der Waals surface area contributed by atoms with Gasteiger partial charge in [-0.3, -0.25) is 4.79 Å². The third-order valence-corrected chi connectivity index (χ3v) is 6.34. The lowest BCUT2D eigenvalue weighted by molar-refractivity contribution is -0.128. The van der Waals surface area contributed by atoms with Crippen molar-refractivity contribution < 1.29 is 9.18 Å². The highest BCUT2D eigenvalue weighted by Gasteiger charge is 2.18. The van der Waals surface area contributed by atoms with E-state index < -0.39 is 0 Å². The molecule has 0 fully saturated rings. The zero-order valence-electron chi connectivity index (χ0n) is 15.6. The average Bonchev–Trinajstić information content (AvgIpc) is 3.19. The van der Waals surface area contributed by atoms with Gasteiger partial charge in [-0.15, -0.1) is 10.2 Å². The molecule has 0 aliphatic carbocycles. The molecule has 0 spiro atoms. The molecule has 8 heteroatoms. The van der Waals surface area contributed by atoms with Crippen molar-refractivity contribution in [3.8, 4) is 0 Å². The molecule has 28 heavy (non-hydrogen) atoms. The molecule has 3 aromatic rings. The van der Waals surface area contributed by atoms with Crippen LogP contribution in [0.3, 0.4) is 0 Å². The Kier molecular flexibility index (Phi) is 7.00. The fraction of sp³-hybridized carbons (Fsp3) is 0.250. The maximum Gasteiger partial charge on any atom is 0.233 e. The van der Waals surface area contributed by atoms with Crippen molar-refractivity contribution in [2.45, 2.75) is 23.8 Å². The van der Waals surface area contributed by atoms with E-state index in [1.165, 1.54) is 35.2 Å². The Morgan fingerprint density at radius 1 is 1.18 bits per heavy atom. The number of nitrogens with one attached hydrogen (secondary N) is 1. The average molecular weight is 417 g/mol. The van der Waals surface area contributed by atoms with Gasteiger partial charge in [0.2, 0.25) is 11.0 Å². The smallest absolute Gasteiger partial charge is 0.233 e. The largest absolute Gasteiger partial charge is 0.356 e. The van der Waals surface area contributed by atoms with Crippen LogP contribution >= 0.6 is 23.1 Å². The highest BCUT2D eigenvalue weighted by atomic mass is 32.2. The van der Waals surface area contributed by atoms with Crippen LogP contribution in [0, 0.1) is 5.82 Å². The lowest BCUT2D eigenvalue weighted by Crippen LogP contribution is -2.31. The van der Waals surface area contributed by atoms with E-state index in [0.29, 0.717) is 17.4 Å². The second-order valence-electron chi connectivity index (χ2n) is 6.23. The molecule has 0 aliphatic rings. The van der Waals surface area contributed by atoms with Crippen LogP contribution in [-0.4, -0.2) is 33.8 Å². The summed E-state index contributed by atoms with van der Waals surface area (Å²) in [4.78, 5) is 14.2. The van der Waals surface area contributed by atoms with Crippen LogP contribution in [0.1, 0.15) is 24.1 Å². The summed E-state index contributed by atoms with van der Waals surface area (Å²) in [5.74, 6) is 0.0900. The van der Waals surface area contributed by atoms with Gasteiger partial charge in [-0.05, 0) is 30.2 Å². The first-order valence-corrected chi connectivity index (χ1v) is 10.6. The fourth-order valence-electron chi connectivity index (χ4n) is 2.52. The number of benzene rings is 2. The van der Waals surface area contributed by atoms with E-state index in [0.717, 1.165) is 15.5 Å². The number of carbonyl (C=O) groups excluding carboxylic acids is 1. The first-order chi connectivity index (χ1) is 13.5. The van der Waals surface area contributed by atoms with E-state index in [4.69, 9.17) is 0 Å². The van der Waals surface area contributed by atoms with Crippen LogP contribution in [0.15, 0.2) is 58.9 Å². The second-order valence-corrected chi connectivity index (χ2v) is 8.43. The number of thioether (sulfide) groups is 1. The Hall–Kier alpha value is -2.45. The van der Waals surface area contributed by atoms with E-state index in [1.54, 1.807) is 17.0 Å². The quantitative estimate of drug-likeness (QED) is 0.544. The Morgan fingerprint density at radius 3 is 2.61 bits per heavy atom. The predicted octanol–water partition coefficient (Wildman–Crippen LogP) is 4.60. The van der Waals surface area contributed by atoms with Crippen molar-refractivity contribution >= 4 is 34.1 Å². The molecule has 0 radical (unpaired) electrons. The van der Waals surface area contributed by atoms with Gasteiger partial charge in [-0.1, -0.05) is 65.6 Å². The molecule has 0 saturated heterocycles. The number of halogens is 1. The van der Waals surface area contributed by atoms with Gasteiger partial charge in [0.05, 0.1) is 11.8 Å². The van der Waals surface area contributed by atoms with Gasteiger partial charge < -0.3 is 10.2 Å². The molecular formula is C20H21FN4OS2. The van der Waals surface area contributed by atoms with Crippen molar-refractivity contribution in [3.63, 3.8) is 0 Å². The summed E-state index contributed by atoms with van der Waals surface area (Å²) in [5.41, 5.74) is 2.06. The molecular weight excluding hydrogens is 395 g/mol. The fourth-order valence-corrected chi connectivity index (χ4v) is 4.19. The van der Waals surface area contributed by atoms with Crippen molar-refractivity contribution in [1.29, 1.82) is 0 Å². The minimum atomic E-state index is -0.255. The Morgan fingerprint density at radius 2 is 1.89 bits per heavy atom. The minimum absolute atomic E-state index is 0.0108. The molecule has 1 N–H and O–H groups in total. The van der Waals surface area contributed by atoms with Gasteiger partial charge in [-0.2, -0.15) is 0 Å². The lowest BCUT2D eigenvalue weighted by atomic mass is 10.1. The highest BCUT2D eigenvalue weighted by Crippen LogP contribution is 2.27. The molecule has 1 unspecified atom stereocenters. The summed E-state index contributed by atoms with van der Waals surface area (Å²) in [5, 5.41) is 12.0. The minimum Gasteiger partial charge on any atom is -0.356 e. The molecule has 0 aliphatic heterocycles. The third-order valence-electron chi connectivity index (χ3n) is 4.34. The molecule has 1 heterocycles. The first-order valence-electron chi connectivity index (χ1n) is 8.78. The molecule has 146 valence electrons. The molecule has 1 atom stereocenters. The summed E-state index contributed by atoms with van der Waals surface area (Å²) in [6.45, 7) is 2.55. The topological polar surface area (TPSA) is 58.1 Å². The van der Waals surface area contributed by atoms with Crippen LogP contribution in [0.5, 0.6) is 0 Å². The standard InChI is InChI=1S/C20H21FN4OS2/c1-14(16-6-4-3-5-7-16)25(2)18(26)13-27-20-24-23-19(28-20)22-12-15-8-10-17(21)11-9-15/h3-11,14H,12-13H2,1-2H3,(H,22,23). The van der Waals surface area contributed by atoms with E-state index in [9.17, 15) is 9.18 Å². The van der Waals surface area contributed by atoms with Gasteiger partial charge in [0.25, 0.3) is 0 Å². The third kappa shape index (κ3) is 5.53. The SMILES string of the molecule is CC(c1ccccc1)N(C)C(=O)CSc1nnc(NCc2ccc(F)cc2)s1. The first kappa shape index (κ1) is 20.3. The zero-order valence-corrected chi connectivity index (χ0v) is 17.3. The van der Waals surface area contributed by atoms with Crippen molar-refractivity contribution in [2.75, 3.05) is 18.1 Å². The van der Waals surface area contributed by atoms with Gasteiger partial charge in [0.1, 0.15) is 5.82 Å². The van der Waals surface area contributed by atoms with Crippen LogP contribution < -0.4 is 5.32 Å². The second kappa shape index (κ2) is 9.66. The molecule has 5 nitrogen and oxygen atoms in total. The normalized spacial score (nSPS) is 11.8. The van der Waals surface area contributed by atoms with Gasteiger partial charge in [0.15, 0.2) is 4.34 Å². The van der Waals surface area contributed by atoms with Crippen molar-refractivity contribution in [2.24, 2.45) is 0 Å². The summed E-state index contributed by atoms with van der Waals surface area (Å²) >= 11 is 2.78. The molecule has 1 amide bonds. The monoisotopic (exact) mass is 416 g/mol. The summed E-state index contributed by atoms with van der Waals surface area (Å²) in [6, 6.07) is 16.3. The van der Waals surface area contributed by atoms with E-state index in [2.05, 4.69) is 15.5 Å². The van der Waals surface area contributed by atoms with E-state index in [-0.39, 0.29) is 17.8 Å². The maximum atomic E-state index is 12.9. The molecule has 2 aromatic carbocycles.